The minimum Gasteiger partial charge on any atom is -0.0683 e. The van der Waals surface area contributed by atoms with Crippen LogP contribution in [-0.4, -0.2) is 0 Å². The lowest BCUT2D eigenvalue weighted by Gasteiger charge is -2.60. The molecule has 2 fully saturated rings. The van der Waals surface area contributed by atoms with E-state index < -0.39 is 0 Å². The molecule has 0 unspecified atom stereocenters. The van der Waals surface area contributed by atoms with E-state index in [4.69, 9.17) is 0 Å². The summed E-state index contributed by atoms with van der Waals surface area (Å²) >= 11 is 0. The van der Waals surface area contributed by atoms with Crippen molar-refractivity contribution in [3.05, 3.63) is 0 Å². The Kier molecular flexibility index (Phi) is 4.26. The summed E-state index contributed by atoms with van der Waals surface area (Å²) in [6, 6.07) is 0. The SMILES string of the molecule is CC.CC(C)C1CC2(C1)CC(C(C)C)C2. The molecule has 0 aromatic carbocycles. The molecule has 15 heavy (non-hydrogen) atoms. The Morgan fingerprint density at radius 3 is 1.20 bits per heavy atom. The highest BCUT2D eigenvalue weighted by molar-refractivity contribution is 5.03. The van der Waals surface area contributed by atoms with Gasteiger partial charge in [-0.15, -0.1) is 0 Å². The van der Waals surface area contributed by atoms with E-state index in [2.05, 4.69) is 27.7 Å². The Balaban J connectivity index is 0.000000531. The van der Waals surface area contributed by atoms with Gasteiger partial charge < -0.3 is 0 Å². The molecule has 2 aliphatic carbocycles. The topological polar surface area (TPSA) is 0 Å². The van der Waals surface area contributed by atoms with E-state index in [9.17, 15) is 0 Å². The predicted octanol–water partition coefficient (Wildman–Crippen LogP) is 5.13. The van der Waals surface area contributed by atoms with Crippen LogP contribution in [0, 0.1) is 29.1 Å². The summed E-state index contributed by atoms with van der Waals surface area (Å²) in [4.78, 5) is 0. The highest BCUT2D eigenvalue weighted by atomic mass is 14.6. The van der Waals surface area contributed by atoms with Crippen molar-refractivity contribution in [2.75, 3.05) is 0 Å². The lowest BCUT2D eigenvalue weighted by molar-refractivity contribution is -0.0955. The van der Waals surface area contributed by atoms with Crippen LogP contribution in [0.4, 0.5) is 0 Å². The van der Waals surface area contributed by atoms with Gasteiger partial charge in [-0.1, -0.05) is 41.5 Å². The summed E-state index contributed by atoms with van der Waals surface area (Å²) in [6.45, 7) is 13.5. The van der Waals surface area contributed by atoms with Crippen LogP contribution in [0.25, 0.3) is 0 Å². The van der Waals surface area contributed by atoms with Crippen LogP contribution in [0.2, 0.25) is 0 Å². The van der Waals surface area contributed by atoms with Gasteiger partial charge in [0.1, 0.15) is 0 Å². The van der Waals surface area contributed by atoms with Crippen LogP contribution in [0.1, 0.15) is 67.2 Å². The molecule has 0 radical (unpaired) electrons. The number of rotatable bonds is 2. The van der Waals surface area contributed by atoms with Crippen LogP contribution in [0.5, 0.6) is 0 Å². The monoisotopic (exact) mass is 210 g/mol. The molecule has 0 aromatic heterocycles. The van der Waals surface area contributed by atoms with E-state index >= 15 is 0 Å². The zero-order valence-corrected chi connectivity index (χ0v) is 11.6. The van der Waals surface area contributed by atoms with E-state index in [1.54, 1.807) is 25.7 Å². The molecule has 0 atom stereocenters. The molecule has 0 aromatic rings. The molecule has 0 bridgehead atoms. The summed E-state index contributed by atoms with van der Waals surface area (Å²) in [7, 11) is 0. The van der Waals surface area contributed by atoms with E-state index in [0.717, 1.165) is 29.1 Å². The fourth-order valence-electron chi connectivity index (χ4n) is 3.38. The second kappa shape index (κ2) is 4.89. The van der Waals surface area contributed by atoms with Crippen molar-refractivity contribution in [3.8, 4) is 0 Å². The Bertz CT molecular complexity index is 153. The summed E-state index contributed by atoms with van der Waals surface area (Å²) < 4.78 is 0. The van der Waals surface area contributed by atoms with Crippen LogP contribution < -0.4 is 0 Å². The van der Waals surface area contributed by atoms with Crippen molar-refractivity contribution in [3.63, 3.8) is 0 Å². The maximum atomic E-state index is 2.39. The van der Waals surface area contributed by atoms with E-state index in [1.807, 2.05) is 13.8 Å². The Morgan fingerprint density at radius 2 is 1.00 bits per heavy atom. The van der Waals surface area contributed by atoms with Crippen molar-refractivity contribution in [2.45, 2.75) is 67.2 Å². The van der Waals surface area contributed by atoms with Crippen molar-refractivity contribution in [1.82, 2.24) is 0 Å². The third-order valence-corrected chi connectivity index (χ3v) is 4.67. The number of hydrogen-bond donors (Lipinski definition) is 0. The van der Waals surface area contributed by atoms with Crippen LogP contribution in [0.15, 0.2) is 0 Å². The summed E-state index contributed by atoms with van der Waals surface area (Å²) in [5.41, 5.74) is 0.851. The predicted molar refractivity (Wildman–Crippen MR) is 68.9 cm³/mol. The molecule has 1 spiro atoms. The highest BCUT2D eigenvalue weighted by Gasteiger charge is 2.53. The molecule has 2 aliphatic rings. The average Bonchev–Trinajstić information content (AvgIpc) is 2.01. The molecular weight excluding hydrogens is 180 g/mol. The Hall–Kier alpha value is 0. The van der Waals surface area contributed by atoms with Crippen LogP contribution in [0.3, 0.4) is 0 Å². The van der Waals surface area contributed by atoms with Crippen LogP contribution in [-0.2, 0) is 0 Å². The summed E-state index contributed by atoms with van der Waals surface area (Å²) in [6.07, 6.45) is 6.20. The van der Waals surface area contributed by atoms with Crippen molar-refractivity contribution < 1.29 is 0 Å². The van der Waals surface area contributed by atoms with Gasteiger partial charge in [0.2, 0.25) is 0 Å². The number of hydrogen-bond acceptors (Lipinski definition) is 0. The minimum absolute atomic E-state index is 0.851. The summed E-state index contributed by atoms with van der Waals surface area (Å²) in [5, 5.41) is 0. The first kappa shape index (κ1) is 13.1. The standard InChI is InChI=1S/C13H24.C2H6/c1-9(2)11-5-13(6-11)7-12(8-13)10(3)4;1-2/h9-12H,5-8H2,1-4H3;1-2H3. The maximum Gasteiger partial charge on any atom is -0.0287 e. The van der Waals surface area contributed by atoms with E-state index in [-0.39, 0.29) is 0 Å². The molecule has 0 heteroatoms. The van der Waals surface area contributed by atoms with Gasteiger partial charge in [-0.3, -0.25) is 0 Å². The molecule has 0 amide bonds. The molecule has 0 saturated heterocycles. The van der Waals surface area contributed by atoms with E-state index in [1.165, 1.54) is 0 Å². The third-order valence-electron chi connectivity index (χ3n) is 4.67. The molecule has 2 rings (SSSR count). The smallest absolute Gasteiger partial charge is 0.0287 e. The zero-order chi connectivity index (χ0) is 11.6. The first-order valence-electron chi connectivity index (χ1n) is 7.02. The molecule has 90 valence electrons. The Morgan fingerprint density at radius 1 is 0.733 bits per heavy atom. The lowest BCUT2D eigenvalue weighted by Crippen LogP contribution is -2.50. The molecule has 0 N–H and O–H groups in total. The highest BCUT2D eigenvalue weighted by Crippen LogP contribution is 2.63. The fraction of sp³-hybridized carbons (Fsp3) is 1.00. The van der Waals surface area contributed by atoms with Gasteiger partial charge in [-0.2, -0.15) is 0 Å². The molecule has 0 aliphatic heterocycles. The first-order chi connectivity index (χ1) is 7.02. The molecule has 0 heterocycles. The molecular formula is C15H30. The van der Waals surface area contributed by atoms with Gasteiger partial charge in [0.25, 0.3) is 0 Å². The third kappa shape index (κ3) is 2.57. The van der Waals surface area contributed by atoms with Crippen molar-refractivity contribution in [2.24, 2.45) is 29.1 Å². The quantitative estimate of drug-likeness (QED) is 0.592. The van der Waals surface area contributed by atoms with Gasteiger partial charge in [0.05, 0.1) is 0 Å². The second-order valence-electron chi connectivity index (χ2n) is 6.32. The van der Waals surface area contributed by atoms with Gasteiger partial charge in [-0.25, -0.2) is 0 Å². The fourth-order valence-corrected chi connectivity index (χ4v) is 3.38. The van der Waals surface area contributed by atoms with Crippen LogP contribution >= 0.6 is 0 Å². The normalized spacial score (nSPS) is 38.4. The van der Waals surface area contributed by atoms with E-state index in [0.29, 0.717) is 0 Å². The maximum absolute atomic E-state index is 2.39. The zero-order valence-electron chi connectivity index (χ0n) is 11.6. The van der Waals surface area contributed by atoms with Crippen molar-refractivity contribution in [1.29, 1.82) is 0 Å². The second-order valence-corrected chi connectivity index (χ2v) is 6.32. The average molecular weight is 210 g/mol. The summed E-state index contributed by atoms with van der Waals surface area (Å²) in [5.74, 6) is 3.99. The van der Waals surface area contributed by atoms with Gasteiger partial charge in [0.15, 0.2) is 0 Å². The first-order valence-corrected chi connectivity index (χ1v) is 7.02. The largest absolute Gasteiger partial charge is 0.0683 e. The van der Waals surface area contributed by atoms with Crippen molar-refractivity contribution >= 4 is 0 Å². The molecule has 2 saturated carbocycles. The lowest BCUT2D eigenvalue weighted by atomic mass is 9.45. The van der Waals surface area contributed by atoms with Gasteiger partial charge in [0, 0.05) is 0 Å². The minimum atomic E-state index is 0.851. The molecule has 0 nitrogen and oxygen atoms in total. The van der Waals surface area contributed by atoms with Gasteiger partial charge in [-0.05, 0) is 54.8 Å². The van der Waals surface area contributed by atoms with Gasteiger partial charge >= 0.3 is 0 Å². The Labute approximate surface area is 96.8 Å².